The quantitative estimate of drug-likeness (QED) is 0.405. The summed E-state index contributed by atoms with van der Waals surface area (Å²) in [6.07, 6.45) is 0. The summed E-state index contributed by atoms with van der Waals surface area (Å²) in [5.74, 6) is -0.281. The second kappa shape index (κ2) is 4.93. The number of aryl methyl sites for hydroxylation is 1. The first kappa shape index (κ1) is 12.6. The molecule has 0 fully saturated rings. The van der Waals surface area contributed by atoms with Crippen molar-refractivity contribution in [3.63, 3.8) is 0 Å². The Kier molecular flexibility index (Phi) is 3.11. The lowest BCUT2D eigenvalue weighted by atomic mass is 10.0. The Bertz CT molecular complexity index is 809. The summed E-state index contributed by atoms with van der Waals surface area (Å²) >= 11 is 0. The predicted octanol–water partition coefficient (Wildman–Crippen LogP) is 2.99. The Morgan fingerprint density at radius 1 is 1.00 bits per heavy atom. The first-order valence-corrected chi connectivity index (χ1v) is 6.70. The molecule has 0 atom stereocenters. The van der Waals surface area contributed by atoms with E-state index in [1.54, 1.807) is 0 Å². The highest BCUT2D eigenvalue weighted by Gasteiger charge is 2.25. The molecule has 0 aliphatic rings. The van der Waals surface area contributed by atoms with Gasteiger partial charge in [-0.15, -0.1) is 0 Å². The number of fused-ring (bicyclic) bond motifs is 3. The molecule has 3 aromatic rings. The van der Waals surface area contributed by atoms with Crippen LogP contribution in [0.1, 0.15) is 17.4 Å². The fourth-order valence-corrected chi connectivity index (χ4v) is 2.67. The van der Waals surface area contributed by atoms with Gasteiger partial charge in [0.1, 0.15) is 7.05 Å². The van der Waals surface area contributed by atoms with Crippen molar-refractivity contribution in [3.8, 4) is 0 Å². The topological polar surface area (TPSA) is 30.2 Å². The van der Waals surface area contributed by atoms with Crippen molar-refractivity contribution in [1.29, 1.82) is 0 Å². The van der Waals surface area contributed by atoms with Crippen molar-refractivity contribution in [2.24, 2.45) is 7.05 Å². The standard InChI is InChI=1S/C17H16NO2/c1-3-20-17(19)16-14-10-5-4-8-12(14)13-9-6-7-11-15(13)18(16)2/h4-11H,3H2,1-2H3/q+1. The third-order valence-electron chi connectivity index (χ3n) is 3.54. The van der Waals surface area contributed by atoms with Crippen LogP contribution >= 0.6 is 0 Å². The van der Waals surface area contributed by atoms with Gasteiger partial charge >= 0.3 is 5.97 Å². The minimum atomic E-state index is -0.281. The van der Waals surface area contributed by atoms with E-state index in [1.807, 2.05) is 61.0 Å². The van der Waals surface area contributed by atoms with Gasteiger partial charge in [0.05, 0.1) is 17.4 Å². The second-order valence-corrected chi connectivity index (χ2v) is 4.69. The molecule has 3 rings (SSSR count). The van der Waals surface area contributed by atoms with E-state index in [-0.39, 0.29) is 5.97 Å². The van der Waals surface area contributed by atoms with E-state index in [9.17, 15) is 4.79 Å². The van der Waals surface area contributed by atoms with Crippen molar-refractivity contribution in [1.82, 2.24) is 0 Å². The SMILES string of the molecule is CCOC(=O)c1c2ccccc2c2ccccc2[n+]1C. The molecule has 0 aliphatic carbocycles. The molecule has 3 heteroatoms. The Morgan fingerprint density at radius 3 is 2.30 bits per heavy atom. The number of para-hydroxylation sites is 1. The van der Waals surface area contributed by atoms with Gasteiger partial charge < -0.3 is 4.74 Å². The fraction of sp³-hybridized carbons (Fsp3) is 0.176. The second-order valence-electron chi connectivity index (χ2n) is 4.69. The van der Waals surface area contributed by atoms with Gasteiger partial charge in [-0.2, -0.15) is 4.57 Å². The van der Waals surface area contributed by atoms with Gasteiger partial charge in [0.15, 0.2) is 0 Å². The average molecular weight is 266 g/mol. The van der Waals surface area contributed by atoms with Crippen LogP contribution in [-0.4, -0.2) is 12.6 Å². The van der Waals surface area contributed by atoms with Crippen molar-refractivity contribution in [3.05, 3.63) is 54.2 Å². The molecular formula is C17H16NO2+. The first-order chi connectivity index (χ1) is 9.74. The molecule has 0 amide bonds. The number of carbonyl (C=O) groups is 1. The molecule has 0 saturated carbocycles. The minimum absolute atomic E-state index is 0.281. The molecule has 0 radical (unpaired) electrons. The molecule has 0 spiro atoms. The van der Waals surface area contributed by atoms with Gasteiger partial charge in [-0.25, -0.2) is 4.79 Å². The maximum atomic E-state index is 12.3. The van der Waals surface area contributed by atoms with Crippen LogP contribution in [-0.2, 0) is 11.8 Å². The fourth-order valence-electron chi connectivity index (χ4n) is 2.67. The van der Waals surface area contributed by atoms with Gasteiger partial charge in [-0.05, 0) is 19.1 Å². The van der Waals surface area contributed by atoms with Crippen LogP contribution in [0.15, 0.2) is 48.5 Å². The van der Waals surface area contributed by atoms with Gasteiger partial charge in [0, 0.05) is 11.5 Å². The number of benzene rings is 2. The molecule has 0 aliphatic heterocycles. The number of rotatable bonds is 2. The summed E-state index contributed by atoms with van der Waals surface area (Å²) in [6.45, 7) is 2.20. The predicted molar refractivity (Wildman–Crippen MR) is 78.6 cm³/mol. The molecule has 0 unspecified atom stereocenters. The van der Waals surface area contributed by atoms with Crippen molar-refractivity contribution >= 4 is 27.6 Å². The van der Waals surface area contributed by atoms with Crippen molar-refractivity contribution in [2.45, 2.75) is 6.92 Å². The van der Waals surface area contributed by atoms with E-state index < -0.39 is 0 Å². The number of aromatic nitrogens is 1. The van der Waals surface area contributed by atoms with Crippen LogP contribution < -0.4 is 4.57 Å². The average Bonchev–Trinajstić information content (AvgIpc) is 2.48. The van der Waals surface area contributed by atoms with Crippen LogP contribution in [0.25, 0.3) is 21.7 Å². The molecule has 20 heavy (non-hydrogen) atoms. The molecule has 0 bridgehead atoms. The van der Waals surface area contributed by atoms with E-state index in [4.69, 9.17) is 4.74 Å². The first-order valence-electron chi connectivity index (χ1n) is 6.70. The Balaban J connectivity index is 2.48. The number of hydrogen-bond donors (Lipinski definition) is 0. The number of carbonyl (C=O) groups excluding carboxylic acids is 1. The monoisotopic (exact) mass is 266 g/mol. The van der Waals surface area contributed by atoms with E-state index in [1.165, 1.54) is 0 Å². The summed E-state index contributed by atoms with van der Waals surface area (Å²) in [4.78, 5) is 12.3. The molecule has 1 aromatic heterocycles. The van der Waals surface area contributed by atoms with Gasteiger partial charge in [0.2, 0.25) is 5.52 Å². The third-order valence-corrected chi connectivity index (χ3v) is 3.54. The Morgan fingerprint density at radius 2 is 1.60 bits per heavy atom. The van der Waals surface area contributed by atoms with E-state index in [0.717, 1.165) is 21.7 Å². The lowest BCUT2D eigenvalue weighted by Crippen LogP contribution is -2.38. The van der Waals surface area contributed by atoms with Crippen molar-refractivity contribution < 1.29 is 14.1 Å². The zero-order chi connectivity index (χ0) is 14.1. The zero-order valence-corrected chi connectivity index (χ0v) is 11.6. The number of pyridine rings is 1. The van der Waals surface area contributed by atoms with E-state index in [0.29, 0.717) is 12.3 Å². The number of ether oxygens (including phenoxy) is 1. The van der Waals surface area contributed by atoms with Crippen LogP contribution in [0, 0.1) is 0 Å². The van der Waals surface area contributed by atoms with Crippen LogP contribution in [0.2, 0.25) is 0 Å². The molecular weight excluding hydrogens is 250 g/mol. The summed E-state index contributed by atoms with van der Waals surface area (Å²) in [5, 5.41) is 3.13. The number of nitrogens with zero attached hydrogens (tertiary/aromatic N) is 1. The van der Waals surface area contributed by atoms with Gasteiger partial charge in [-0.1, -0.05) is 30.3 Å². The maximum Gasteiger partial charge on any atom is 0.404 e. The summed E-state index contributed by atoms with van der Waals surface area (Å²) in [5.41, 5.74) is 1.62. The third kappa shape index (κ3) is 1.83. The van der Waals surface area contributed by atoms with Gasteiger partial charge in [0.25, 0.3) is 5.69 Å². The summed E-state index contributed by atoms with van der Waals surface area (Å²) in [7, 11) is 1.90. The Labute approximate surface area is 117 Å². The molecule has 0 saturated heterocycles. The zero-order valence-electron chi connectivity index (χ0n) is 11.6. The molecule has 2 aromatic carbocycles. The van der Waals surface area contributed by atoms with Crippen molar-refractivity contribution in [2.75, 3.05) is 6.61 Å². The van der Waals surface area contributed by atoms with Crippen LogP contribution in [0.3, 0.4) is 0 Å². The highest BCUT2D eigenvalue weighted by atomic mass is 16.5. The van der Waals surface area contributed by atoms with Gasteiger partial charge in [-0.3, -0.25) is 0 Å². The summed E-state index contributed by atoms with van der Waals surface area (Å²) in [6, 6.07) is 16.0. The largest absolute Gasteiger partial charge is 0.458 e. The highest BCUT2D eigenvalue weighted by molar-refractivity contribution is 6.11. The lowest BCUT2D eigenvalue weighted by Gasteiger charge is -2.08. The smallest absolute Gasteiger partial charge is 0.404 e. The van der Waals surface area contributed by atoms with Crippen LogP contribution in [0.4, 0.5) is 0 Å². The number of hydrogen-bond acceptors (Lipinski definition) is 2. The Hall–Kier alpha value is -2.42. The van der Waals surface area contributed by atoms with Crippen LogP contribution in [0.5, 0.6) is 0 Å². The van der Waals surface area contributed by atoms with E-state index >= 15 is 0 Å². The summed E-state index contributed by atoms with van der Waals surface area (Å²) < 4.78 is 7.12. The molecule has 100 valence electrons. The normalized spacial score (nSPS) is 10.9. The molecule has 3 nitrogen and oxygen atoms in total. The lowest BCUT2D eigenvalue weighted by molar-refractivity contribution is -0.646. The molecule has 0 N–H and O–H groups in total. The molecule has 1 heterocycles. The maximum absolute atomic E-state index is 12.3. The van der Waals surface area contributed by atoms with E-state index in [2.05, 4.69) is 6.07 Å². The minimum Gasteiger partial charge on any atom is -0.458 e. The highest BCUT2D eigenvalue weighted by Crippen LogP contribution is 2.25. The number of esters is 1.